The number of sulfonamides is 1. The molecule has 2 heterocycles. The SMILES string of the molecule is Cc1ccc(S(=O)(=O)N2CCN(c3cc(C4CC4)ncn3)CC2)cc1C. The van der Waals surface area contributed by atoms with E-state index in [0.29, 0.717) is 37.0 Å². The largest absolute Gasteiger partial charge is 0.354 e. The van der Waals surface area contributed by atoms with Crippen molar-refractivity contribution in [3.8, 4) is 0 Å². The molecule has 6 nitrogen and oxygen atoms in total. The molecule has 0 spiro atoms. The summed E-state index contributed by atoms with van der Waals surface area (Å²) in [4.78, 5) is 11.3. The number of aryl methyl sites for hydroxylation is 2. The van der Waals surface area contributed by atoms with Crippen molar-refractivity contribution in [2.45, 2.75) is 37.5 Å². The molecule has 1 saturated carbocycles. The number of hydrogen-bond acceptors (Lipinski definition) is 5. The third kappa shape index (κ3) is 3.33. The van der Waals surface area contributed by atoms with Crippen molar-refractivity contribution < 1.29 is 8.42 Å². The van der Waals surface area contributed by atoms with Gasteiger partial charge >= 0.3 is 0 Å². The van der Waals surface area contributed by atoms with Crippen molar-refractivity contribution in [3.63, 3.8) is 0 Å². The Bertz CT molecular complexity index is 917. The molecule has 0 N–H and O–H groups in total. The number of benzene rings is 1. The van der Waals surface area contributed by atoms with E-state index in [9.17, 15) is 8.42 Å². The number of aromatic nitrogens is 2. The first kappa shape index (κ1) is 17.4. The minimum Gasteiger partial charge on any atom is -0.354 e. The zero-order chi connectivity index (χ0) is 18.3. The van der Waals surface area contributed by atoms with Gasteiger partial charge in [0.1, 0.15) is 12.1 Å². The summed E-state index contributed by atoms with van der Waals surface area (Å²) in [5, 5.41) is 0. The monoisotopic (exact) mass is 372 g/mol. The summed E-state index contributed by atoms with van der Waals surface area (Å²) < 4.78 is 27.4. The Labute approximate surface area is 154 Å². The predicted molar refractivity (Wildman–Crippen MR) is 101 cm³/mol. The summed E-state index contributed by atoms with van der Waals surface area (Å²) in [6, 6.07) is 7.41. The molecule has 1 aliphatic heterocycles. The zero-order valence-electron chi connectivity index (χ0n) is 15.2. The van der Waals surface area contributed by atoms with E-state index in [0.717, 1.165) is 22.6 Å². The van der Waals surface area contributed by atoms with E-state index in [2.05, 4.69) is 20.9 Å². The van der Waals surface area contributed by atoms with Crippen molar-refractivity contribution in [2.24, 2.45) is 0 Å². The molecule has 0 atom stereocenters. The molecule has 0 amide bonds. The van der Waals surface area contributed by atoms with Gasteiger partial charge in [0.15, 0.2) is 0 Å². The maximum Gasteiger partial charge on any atom is 0.243 e. The molecule has 0 radical (unpaired) electrons. The summed E-state index contributed by atoms with van der Waals surface area (Å²) >= 11 is 0. The molecule has 2 aliphatic rings. The van der Waals surface area contributed by atoms with Crippen LogP contribution in [0.1, 0.15) is 35.6 Å². The number of hydrogen-bond donors (Lipinski definition) is 0. The molecule has 0 unspecified atom stereocenters. The number of anilines is 1. The predicted octanol–water partition coefficient (Wildman–Crippen LogP) is 2.48. The van der Waals surface area contributed by atoms with Crippen LogP contribution in [0, 0.1) is 13.8 Å². The van der Waals surface area contributed by atoms with E-state index >= 15 is 0 Å². The van der Waals surface area contributed by atoms with Crippen molar-refractivity contribution >= 4 is 15.8 Å². The van der Waals surface area contributed by atoms with Gasteiger partial charge < -0.3 is 4.90 Å². The van der Waals surface area contributed by atoms with Crippen molar-refractivity contribution in [1.82, 2.24) is 14.3 Å². The topological polar surface area (TPSA) is 66.4 Å². The third-order valence-corrected chi connectivity index (χ3v) is 7.24. The van der Waals surface area contributed by atoms with Crippen LogP contribution in [0.3, 0.4) is 0 Å². The maximum absolute atomic E-state index is 12.9. The molecule has 1 aromatic carbocycles. The fourth-order valence-corrected chi connectivity index (χ4v) is 4.83. The number of rotatable bonds is 4. The van der Waals surface area contributed by atoms with Gasteiger partial charge in [-0.25, -0.2) is 18.4 Å². The lowest BCUT2D eigenvalue weighted by Gasteiger charge is -2.34. The molecule has 1 saturated heterocycles. The summed E-state index contributed by atoms with van der Waals surface area (Å²) in [6.45, 7) is 6.16. The van der Waals surface area contributed by atoms with E-state index in [-0.39, 0.29) is 0 Å². The zero-order valence-corrected chi connectivity index (χ0v) is 16.0. The van der Waals surface area contributed by atoms with E-state index in [1.54, 1.807) is 22.8 Å². The minimum absolute atomic E-state index is 0.382. The van der Waals surface area contributed by atoms with Gasteiger partial charge in [-0.1, -0.05) is 6.07 Å². The Kier molecular flexibility index (Phi) is 4.44. The number of piperazine rings is 1. The first-order chi connectivity index (χ1) is 12.4. The summed E-state index contributed by atoms with van der Waals surface area (Å²) in [7, 11) is -3.44. The second kappa shape index (κ2) is 6.63. The van der Waals surface area contributed by atoms with Gasteiger partial charge in [0.2, 0.25) is 10.0 Å². The number of nitrogens with zero attached hydrogens (tertiary/aromatic N) is 4. The summed E-state index contributed by atoms with van der Waals surface area (Å²) in [6.07, 6.45) is 4.04. The smallest absolute Gasteiger partial charge is 0.243 e. The second-order valence-electron chi connectivity index (χ2n) is 7.21. The third-order valence-electron chi connectivity index (χ3n) is 5.35. The van der Waals surface area contributed by atoms with Crippen molar-refractivity contribution in [2.75, 3.05) is 31.1 Å². The standard InChI is InChI=1S/C19H24N4O2S/c1-14-3-6-17(11-15(14)2)26(24,25)23-9-7-22(8-10-23)19-12-18(16-4-5-16)20-13-21-19/h3,6,11-13,16H,4-5,7-10H2,1-2H3. The molecular formula is C19H24N4O2S. The Morgan fingerprint density at radius 2 is 1.69 bits per heavy atom. The van der Waals surface area contributed by atoms with Crippen LogP contribution >= 0.6 is 0 Å². The molecule has 1 aromatic heterocycles. The van der Waals surface area contributed by atoms with Gasteiger partial charge in [-0.3, -0.25) is 0 Å². The Balaban J connectivity index is 1.47. The molecule has 0 bridgehead atoms. The normalized spacial score (nSPS) is 18.9. The van der Waals surface area contributed by atoms with E-state index < -0.39 is 10.0 Å². The lowest BCUT2D eigenvalue weighted by molar-refractivity contribution is 0.383. The Hall–Kier alpha value is -1.99. The van der Waals surface area contributed by atoms with Crippen LogP contribution in [0.5, 0.6) is 0 Å². The molecule has 7 heteroatoms. The van der Waals surface area contributed by atoms with Crippen LogP contribution in [-0.4, -0.2) is 48.9 Å². The highest BCUT2D eigenvalue weighted by Gasteiger charge is 2.30. The molecule has 4 rings (SSSR count). The van der Waals surface area contributed by atoms with E-state index in [4.69, 9.17) is 0 Å². The maximum atomic E-state index is 12.9. The quantitative estimate of drug-likeness (QED) is 0.825. The average molecular weight is 372 g/mol. The van der Waals surface area contributed by atoms with Gasteiger partial charge in [0.25, 0.3) is 0 Å². The molecule has 1 aliphatic carbocycles. The van der Waals surface area contributed by atoms with Crippen LogP contribution in [0.15, 0.2) is 35.5 Å². The van der Waals surface area contributed by atoms with Gasteiger partial charge in [0, 0.05) is 43.9 Å². The van der Waals surface area contributed by atoms with Gasteiger partial charge in [0.05, 0.1) is 4.90 Å². The first-order valence-electron chi connectivity index (χ1n) is 9.09. The second-order valence-corrected chi connectivity index (χ2v) is 9.15. The molecule has 2 fully saturated rings. The van der Waals surface area contributed by atoms with E-state index in [1.807, 2.05) is 19.9 Å². The average Bonchev–Trinajstić information content (AvgIpc) is 3.49. The van der Waals surface area contributed by atoms with Crippen LogP contribution < -0.4 is 4.90 Å². The fraction of sp³-hybridized carbons (Fsp3) is 0.474. The van der Waals surface area contributed by atoms with Gasteiger partial charge in [-0.15, -0.1) is 0 Å². The molecule has 2 aromatic rings. The molecule has 26 heavy (non-hydrogen) atoms. The van der Waals surface area contributed by atoms with Gasteiger partial charge in [-0.05, 0) is 49.9 Å². The summed E-state index contributed by atoms with van der Waals surface area (Å²) in [5.74, 6) is 1.49. The lowest BCUT2D eigenvalue weighted by Crippen LogP contribution is -2.49. The molecular weight excluding hydrogens is 348 g/mol. The van der Waals surface area contributed by atoms with Crippen LogP contribution in [0.25, 0.3) is 0 Å². The minimum atomic E-state index is -3.44. The summed E-state index contributed by atoms with van der Waals surface area (Å²) in [5.41, 5.74) is 3.21. The Morgan fingerprint density at radius 1 is 0.962 bits per heavy atom. The van der Waals surface area contributed by atoms with Gasteiger partial charge in [-0.2, -0.15) is 4.31 Å². The highest BCUT2D eigenvalue weighted by Crippen LogP contribution is 2.39. The van der Waals surface area contributed by atoms with E-state index in [1.165, 1.54) is 12.8 Å². The molecule has 138 valence electrons. The fourth-order valence-electron chi connectivity index (χ4n) is 3.32. The highest BCUT2D eigenvalue weighted by atomic mass is 32.2. The first-order valence-corrected chi connectivity index (χ1v) is 10.5. The Morgan fingerprint density at radius 3 is 2.35 bits per heavy atom. The van der Waals surface area contributed by atoms with Crippen LogP contribution in [-0.2, 0) is 10.0 Å². The van der Waals surface area contributed by atoms with Crippen molar-refractivity contribution in [3.05, 3.63) is 47.4 Å². The van der Waals surface area contributed by atoms with Crippen molar-refractivity contribution in [1.29, 1.82) is 0 Å². The highest BCUT2D eigenvalue weighted by molar-refractivity contribution is 7.89. The lowest BCUT2D eigenvalue weighted by atomic mass is 10.1. The van der Waals surface area contributed by atoms with Crippen LogP contribution in [0.4, 0.5) is 5.82 Å². The van der Waals surface area contributed by atoms with Crippen LogP contribution in [0.2, 0.25) is 0 Å².